The Bertz CT molecular complexity index is 388. The average Bonchev–Trinajstić information content (AvgIpc) is 2.98. The van der Waals surface area contributed by atoms with Gasteiger partial charge in [0.05, 0.1) is 12.6 Å². The van der Waals surface area contributed by atoms with Crippen LogP contribution in [0.25, 0.3) is 0 Å². The van der Waals surface area contributed by atoms with Gasteiger partial charge in [-0.15, -0.1) is 0 Å². The van der Waals surface area contributed by atoms with Crippen molar-refractivity contribution in [1.29, 1.82) is 0 Å². The highest BCUT2D eigenvalue weighted by Gasteiger charge is 2.26. The van der Waals surface area contributed by atoms with Crippen molar-refractivity contribution in [3.8, 4) is 0 Å². The van der Waals surface area contributed by atoms with Crippen molar-refractivity contribution in [1.82, 2.24) is 10.2 Å². The summed E-state index contributed by atoms with van der Waals surface area (Å²) in [7, 11) is 1.67. The Kier molecular flexibility index (Phi) is 5.36. The molecule has 1 atom stereocenters. The van der Waals surface area contributed by atoms with E-state index in [1.165, 1.54) is 0 Å². The van der Waals surface area contributed by atoms with Gasteiger partial charge in [0.25, 0.3) is 0 Å². The standard InChI is InChI=1S/C15H22N2O2/c1-19-11-10-17(12-13-6-3-2-4-7-13)15(18)14-8-5-9-16-14/h2-4,6-7,14,16H,5,8-12H2,1H3. The second-order valence-corrected chi connectivity index (χ2v) is 4.89. The SMILES string of the molecule is COCCN(Cc1ccccc1)C(=O)C1CCCN1. The van der Waals surface area contributed by atoms with Gasteiger partial charge in [-0.1, -0.05) is 30.3 Å². The molecule has 0 aromatic heterocycles. The number of hydrogen-bond donors (Lipinski definition) is 1. The number of methoxy groups -OCH3 is 1. The van der Waals surface area contributed by atoms with E-state index >= 15 is 0 Å². The highest BCUT2D eigenvalue weighted by atomic mass is 16.5. The molecule has 0 radical (unpaired) electrons. The number of rotatable bonds is 6. The zero-order valence-electron chi connectivity index (χ0n) is 11.5. The lowest BCUT2D eigenvalue weighted by Gasteiger charge is -2.25. The van der Waals surface area contributed by atoms with Crippen LogP contribution >= 0.6 is 0 Å². The van der Waals surface area contributed by atoms with Gasteiger partial charge in [-0.3, -0.25) is 4.79 Å². The topological polar surface area (TPSA) is 41.6 Å². The maximum absolute atomic E-state index is 12.5. The zero-order valence-corrected chi connectivity index (χ0v) is 11.5. The van der Waals surface area contributed by atoms with E-state index in [0.29, 0.717) is 19.7 Å². The highest BCUT2D eigenvalue weighted by Crippen LogP contribution is 2.11. The Balaban J connectivity index is 2.00. The first kappa shape index (κ1) is 14.0. The van der Waals surface area contributed by atoms with Crippen molar-refractivity contribution in [3.63, 3.8) is 0 Å². The minimum atomic E-state index is -0.0134. The smallest absolute Gasteiger partial charge is 0.240 e. The molecule has 2 rings (SSSR count). The summed E-state index contributed by atoms with van der Waals surface area (Å²) in [5.41, 5.74) is 1.16. The molecule has 1 fully saturated rings. The Labute approximate surface area is 114 Å². The largest absolute Gasteiger partial charge is 0.383 e. The van der Waals surface area contributed by atoms with Crippen LogP contribution in [0, 0.1) is 0 Å². The predicted molar refractivity (Wildman–Crippen MR) is 74.8 cm³/mol. The molecule has 19 heavy (non-hydrogen) atoms. The molecule has 1 amide bonds. The monoisotopic (exact) mass is 262 g/mol. The molecule has 1 aliphatic rings. The quantitative estimate of drug-likeness (QED) is 0.843. The Morgan fingerprint density at radius 1 is 1.42 bits per heavy atom. The molecule has 0 aliphatic carbocycles. The molecule has 0 bridgehead atoms. The summed E-state index contributed by atoms with van der Waals surface area (Å²) in [6, 6.07) is 10.1. The Morgan fingerprint density at radius 3 is 2.84 bits per heavy atom. The van der Waals surface area contributed by atoms with Gasteiger partial charge in [0, 0.05) is 20.2 Å². The Hall–Kier alpha value is -1.39. The second kappa shape index (κ2) is 7.26. The molecule has 0 saturated carbocycles. The van der Waals surface area contributed by atoms with E-state index in [-0.39, 0.29) is 11.9 Å². The fraction of sp³-hybridized carbons (Fsp3) is 0.533. The van der Waals surface area contributed by atoms with Crippen molar-refractivity contribution in [3.05, 3.63) is 35.9 Å². The van der Waals surface area contributed by atoms with Gasteiger partial charge in [0.1, 0.15) is 0 Å². The fourth-order valence-electron chi connectivity index (χ4n) is 2.39. The van der Waals surface area contributed by atoms with E-state index in [0.717, 1.165) is 24.9 Å². The lowest BCUT2D eigenvalue weighted by Crippen LogP contribution is -2.44. The number of ether oxygens (including phenoxy) is 1. The summed E-state index contributed by atoms with van der Waals surface area (Å²) >= 11 is 0. The maximum atomic E-state index is 12.5. The van der Waals surface area contributed by atoms with Gasteiger partial charge in [-0.25, -0.2) is 0 Å². The van der Waals surface area contributed by atoms with E-state index in [1.54, 1.807) is 7.11 Å². The van der Waals surface area contributed by atoms with E-state index in [9.17, 15) is 4.79 Å². The minimum absolute atomic E-state index is 0.0134. The molecule has 1 unspecified atom stereocenters. The number of benzene rings is 1. The third kappa shape index (κ3) is 4.04. The number of amides is 1. The van der Waals surface area contributed by atoms with Crippen molar-refractivity contribution < 1.29 is 9.53 Å². The van der Waals surface area contributed by atoms with Crippen molar-refractivity contribution in [2.45, 2.75) is 25.4 Å². The number of carbonyl (C=O) groups excluding carboxylic acids is 1. The number of nitrogens with zero attached hydrogens (tertiary/aromatic N) is 1. The molecule has 0 spiro atoms. The van der Waals surface area contributed by atoms with Gasteiger partial charge in [-0.05, 0) is 24.9 Å². The first-order valence-electron chi connectivity index (χ1n) is 6.86. The van der Waals surface area contributed by atoms with Crippen LogP contribution < -0.4 is 5.32 Å². The van der Waals surface area contributed by atoms with Crippen LogP contribution in [0.15, 0.2) is 30.3 Å². The summed E-state index contributed by atoms with van der Waals surface area (Å²) in [4.78, 5) is 14.4. The average molecular weight is 262 g/mol. The first-order chi connectivity index (χ1) is 9.31. The molecule has 4 heteroatoms. The molecule has 1 saturated heterocycles. The molecular weight excluding hydrogens is 240 g/mol. The van der Waals surface area contributed by atoms with Crippen LogP contribution in [-0.4, -0.2) is 43.7 Å². The lowest BCUT2D eigenvalue weighted by molar-refractivity contribution is -0.134. The van der Waals surface area contributed by atoms with Gasteiger partial charge in [0.2, 0.25) is 5.91 Å². The second-order valence-electron chi connectivity index (χ2n) is 4.89. The minimum Gasteiger partial charge on any atom is -0.383 e. The molecule has 1 aromatic carbocycles. The molecule has 4 nitrogen and oxygen atoms in total. The van der Waals surface area contributed by atoms with Crippen molar-refractivity contribution >= 4 is 5.91 Å². The Morgan fingerprint density at radius 2 is 2.21 bits per heavy atom. The summed E-state index contributed by atoms with van der Waals surface area (Å²) < 4.78 is 5.11. The third-order valence-electron chi connectivity index (χ3n) is 3.45. The summed E-state index contributed by atoms with van der Waals surface area (Å²) in [6.07, 6.45) is 2.02. The van der Waals surface area contributed by atoms with Gasteiger partial charge < -0.3 is 15.0 Å². The number of hydrogen-bond acceptors (Lipinski definition) is 3. The first-order valence-corrected chi connectivity index (χ1v) is 6.86. The maximum Gasteiger partial charge on any atom is 0.240 e. The van der Waals surface area contributed by atoms with Crippen LogP contribution in [0.2, 0.25) is 0 Å². The number of nitrogens with one attached hydrogen (secondary N) is 1. The van der Waals surface area contributed by atoms with E-state index < -0.39 is 0 Å². The highest BCUT2D eigenvalue weighted by molar-refractivity contribution is 5.82. The van der Waals surface area contributed by atoms with Gasteiger partial charge >= 0.3 is 0 Å². The third-order valence-corrected chi connectivity index (χ3v) is 3.45. The van der Waals surface area contributed by atoms with E-state index in [4.69, 9.17) is 4.74 Å². The van der Waals surface area contributed by atoms with Crippen molar-refractivity contribution in [2.24, 2.45) is 0 Å². The van der Waals surface area contributed by atoms with Crippen LogP contribution in [0.1, 0.15) is 18.4 Å². The fourth-order valence-corrected chi connectivity index (χ4v) is 2.39. The van der Waals surface area contributed by atoms with E-state index in [1.807, 2.05) is 23.1 Å². The molecule has 1 N–H and O–H groups in total. The summed E-state index contributed by atoms with van der Waals surface area (Å²) in [5, 5.41) is 3.27. The summed E-state index contributed by atoms with van der Waals surface area (Å²) in [5.74, 6) is 0.193. The van der Waals surface area contributed by atoms with Gasteiger partial charge in [-0.2, -0.15) is 0 Å². The number of carbonyl (C=O) groups is 1. The lowest BCUT2D eigenvalue weighted by atomic mass is 10.1. The van der Waals surface area contributed by atoms with Crippen LogP contribution in [-0.2, 0) is 16.1 Å². The zero-order chi connectivity index (χ0) is 13.5. The van der Waals surface area contributed by atoms with Crippen LogP contribution in [0.4, 0.5) is 0 Å². The normalized spacial score (nSPS) is 18.5. The molecule has 1 heterocycles. The summed E-state index contributed by atoms with van der Waals surface area (Å²) in [6.45, 7) is 2.81. The molecule has 1 aliphatic heterocycles. The molecule has 104 valence electrons. The predicted octanol–water partition coefficient (Wildman–Crippen LogP) is 1.41. The molecular formula is C15H22N2O2. The van der Waals surface area contributed by atoms with Crippen LogP contribution in [0.3, 0.4) is 0 Å². The van der Waals surface area contributed by atoms with Gasteiger partial charge in [0.15, 0.2) is 0 Å². The van der Waals surface area contributed by atoms with Crippen LogP contribution in [0.5, 0.6) is 0 Å². The van der Waals surface area contributed by atoms with E-state index in [2.05, 4.69) is 17.4 Å². The molecule has 1 aromatic rings. The van der Waals surface area contributed by atoms with Crippen molar-refractivity contribution in [2.75, 3.05) is 26.8 Å².